The molecule has 0 saturated carbocycles. The predicted octanol–water partition coefficient (Wildman–Crippen LogP) is 8.02. The van der Waals surface area contributed by atoms with E-state index >= 15 is 0 Å². The molecule has 0 aliphatic carbocycles. The third-order valence-electron chi connectivity index (χ3n) is 7.88. The van der Waals surface area contributed by atoms with Gasteiger partial charge in [0.15, 0.2) is 0 Å². The summed E-state index contributed by atoms with van der Waals surface area (Å²) in [5.74, 6) is -1.81. The molecule has 0 radical (unpaired) electrons. The molecule has 228 valence electrons. The van der Waals surface area contributed by atoms with Crippen LogP contribution in [0.3, 0.4) is 0 Å². The van der Waals surface area contributed by atoms with Gasteiger partial charge < -0.3 is 24.4 Å². The number of hydrogen-bond donors (Lipinski definition) is 2. The summed E-state index contributed by atoms with van der Waals surface area (Å²) in [4.78, 5) is 25.7. The van der Waals surface area contributed by atoms with Crippen LogP contribution in [0.2, 0.25) is 0 Å². The van der Waals surface area contributed by atoms with Crippen molar-refractivity contribution in [3.8, 4) is 11.5 Å². The summed E-state index contributed by atoms with van der Waals surface area (Å²) in [6.07, 6.45) is 4.19. The van der Waals surface area contributed by atoms with Gasteiger partial charge in [-0.3, -0.25) is 0 Å². The van der Waals surface area contributed by atoms with Crippen LogP contribution in [0, 0.1) is 11.8 Å². The monoisotopic (exact) mass is 570 g/mol. The highest BCUT2D eigenvalue weighted by atomic mass is 16.5. The van der Waals surface area contributed by atoms with E-state index in [1.54, 1.807) is 24.3 Å². The molecule has 2 N–H and O–H groups in total. The van der Waals surface area contributed by atoms with Crippen LogP contribution in [0.5, 0.6) is 11.5 Å². The van der Waals surface area contributed by atoms with Crippen molar-refractivity contribution in [2.24, 2.45) is 11.8 Å². The minimum Gasteiger partial charge on any atom is -0.478 e. The first-order valence-electron chi connectivity index (χ1n) is 15.1. The lowest BCUT2D eigenvalue weighted by Gasteiger charge is -2.40. The lowest BCUT2D eigenvalue weighted by Crippen LogP contribution is -2.54. The third kappa shape index (κ3) is 9.49. The Morgan fingerprint density at radius 2 is 1.00 bits per heavy atom. The van der Waals surface area contributed by atoms with Crippen LogP contribution in [0.4, 0.5) is 0 Å². The molecule has 0 aliphatic rings. The summed E-state index contributed by atoms with van der Waals surface area (Å²) in [6, 6.07) is 18.0. The van der Waals surface area contributed by atoms with Crippen molar-refractivity contribution < 1.29 is 34.0 Å². The Morgan fingerprint density at radius 1 is 0.659 bits per heavy atom. The molecular weight excluding hydrogens is 520 g/mol. The molecule has 4 atom stereocenters. The van der Waals surface area contributed by atoms with E-state index in [1.165, 1.54) is 0 Å². The Bertz CT molecular complexity index is 956. The van der Waals surface area contributed by atoms with Crippen LogP contribution < -0.4 is 9.47 Å². The second-order valence-electron chi connectivity index (χ2n) is 11.6. The molecule has 7 nitrogen and oxygen atoms in total. The zero-order valence-corrected chi connectivity index (χ0v) is 25.7. The van der Waals surface area contributed by atoms with Gasteiger partial charge in [-0.15, -0.1) is 0 Å². The Kier molecular flexibility index (Phi) is 13.7. The van der Waals surface area contributed by atoms with Crippen LogP contribution in [-0.2, 0) is 14.3 Å². The van der Waals surface area contributed by atoms with E-state index in [-0.39, 0.29) is 24.7 Å². The number of benzene rings is 2. The first kappa shape index (κ1) is 34.1. The van der Waals surface area contributed by atoms with E-state index in [2.05, 4.69) is 13.8 Å². The van der Waals surface area contributed by atoms with E-state index < -0.39 is 35.3 Å². The number of aliphatic carboxylic acids is 2. The van der Waals surface area contributed by atoms with Gasteiger partial charge in [0.2, 0.25) is 11.2 Å². The van der Waals surface area contributed by atoms with Crippen LogP contribution in [0.25, 0.3) is 0 Å². The van der Waals surface area contributed by atoms with Gasteiger partial charge in [0.1, 0.15) is 11.5 Å². The van der Waals surface area contributed by atoms with Crippen molar-refractivity contribution in [1.29, 1.82) is 0 Å². The number of ether oxygens (including phenoxy) is 3. The highest BCUT2D eigenvalue weighted by Gasteiger charge is 2.49. The van der Waals surface area contributed by atoms with Gasteiger partial charge in [0, 0.05) is 24.7 Å². The zero-order chi connectivity index (χ0) is 30.5. The summed E-state index contributed by atoms with van der Waals surface area (Å²) in [7, 11) is 0. The molecule has 2 rings (SSSR count). The first-order valence-corrected chi connectivity index (χ1v) is 15.1. The van der Waals surface area contributed by atoms with Gasteiger partial charge in [0.25, 0.3) is 0 Å². The molecule has 4 unspecified atom stereocenters. The summed E-state index contributed by atoms with van der Waals surface area (Å²) in [6.45, 7) is 11.6. The Labute approximate surface area is 246 Å². The summed E-state index contributed by atoms with van der Waals surface area (Å²) in [5.41, 5.74) is -3.03. The molecule has 2 aromatic rings. The number of carbonyl (C=O) groups is 2. The molecule has 0 aromatic heterocycles. The molecule has 0 amide bonds. The number of unbranched alkanes of at least 4 members (excludes halogenated alkanes) is 2. The molecule has 0 aliphatic heterocycles. The molecule has 0 saturated heterocycles. The number of rotatable bonds is 20. The maximum absolute atomic E-state index is 12.9. The van der Waals surface area contributed by atoms with Crippen molar-refractivity contribution in [2.75, 3.05) is 0 Å². The van der Waals surface area contributed by atoms with Crippen molar-refractivity contribution in [3.05, 3.63) is 60.7 Å². The maximum Gasteiger partial charge on any atom is 0.348 e. The van der Waals surface area contributed by atoms with E-state index in [0.717, 1.165) is 25.7 Å². The van der Waals surface area contributed by atoms with Crippen LogP contribution in [0.1, 0.15) is 92.9 Å². The van der Waals surface area contributed by atoms with Crippen molar-refractivity contribution in [3.63, 3.8) is 0 Å². The lowest BCUT2D eigenvalue weighted by molar-refractivity contribution is -0.172. The van der Waals surface area contributed by atoms with Gasteiger partial charge in [-0.25, -0.2) is 9.59 Å². The second kappa shape index (κ2) is 16.4. The van der Waals surface area contributed by atoms with E-state index in [0.29, 0.717) is 24.3 Å². The third-order valence-corrected chi connectivity index (χ3v) is 7.88. The number of carboxylic acid groups (broad SMARTS) is 2. The smallest absolute Gasteiger partial charge is 0.348 e. The SMILES string of the molecule is CCCCC(CC(Oc1ccccc1)(C(=O)O)C(C)C)OC(CCCC)CC(Oc1ccccc1)(C(=O)O)C(C)C. The molecule has 0 fully saturated rings. The van der Waals surface area contributed by atoms with Crippen molar-refractivity contribution in [2.45, 2.75) is 116 Å². The highest BCUT2D eigenvalue weighted by molar-refractivity contribution is 5.79. The van der Waals surface area contributed by atoms with E-state index in [4.69, 9.17) is 14.2 Å². The summed E-state index contributed by atoms with van der Waals surface area (Å²) in [5, 5.41) is 21.0. The molecule has 0 heterocycles. The molecular formula is C34H50O7. The highest BCUT2D eigenvalue weighted by Crippen LogP contribution is 2.36. The first-order chi connectivity index (χ1) is 19.5. The molecule has 0 bridgehead atoms. The van der Waals surface area contributed by atoms with Gasteiger partial charge in [-0.1, -0.05) is 104 Å². The fraction of sp³-hybridized carbons (Fsp3) is 0.588. The minimum atomic E-state index is -1.52. The molecule has 0 spiro atoms. The van der Waals surface area contributed by atoms with Crippen molar-refractivity contribution in [1.82, 2.24) is 0 Å². The number of para-hydroxylation sites is 2. The Balaban J connectivity index is 2.46. The summed E-state index contributed by atoms with van der Waals surface area (Å²) < 4.78 is 19.3. The summed E-state index contributed by atoms with van der Waals surface area (Å²) >= 11 is 0. The predicted molar refractivity (Wildman–Crippen MR) is 161 cm³/mol. The second-order valence-corrected chi connectivity index (χ2v) is 11.6. The van der Waals surface area contributed by atoms with Gasteiger partial charge >= 0.3 is 11.9 Å². The quantitative estimate of drug-likeness (QED) is 0.166. The number of carboxylic acids is 2. The van der Waals surface area contributed by atoms with E-state index in [9.17, 15) is 19.8 Å². The minimum absolute atomic E-state index is 0.138. The molecule has 2 aromatic carbocycles. The lowest BCUT2D eigenvalue weighted by atomic mass is 9.82. The largest absolute Gasteiger partial charge is 0.478 e. The number of hydrogen-bond acceptors (Lipinski definition) is 5. The Morgan fingerprint density at radius 3 is 1.27 bits per heavy atom. The average molecular weight is 571 g/mol. The van der Waals surface area contributed by atoms with Gasteiger partial charge in [-0.2, -0.15) is 0 Å². The van der Waals surface area contributed by atoms with Crippen LogP contribution in [-0.4, -0.2) is 45.6 Å². The normalized spacial score (nSPS) is 16.0. The molecule has 7 heteroatoms. The fourth-order valence-corrected chi connectivity index (χ4v) is 5.19. The van der Waals surface area contributed by atoms with Gasteiger partial charge in [-0.05, 0) is 37.1 Å². The maximum atomic E-state index is 12.9. The van der Waals surface area contributed by atoms with Crippen molar-refractivity contribution >= 4 is 11.9 Å². The average Bonchev–Trinajstić information content (AvgIpc) is 2.94. The van der Waals surface area contributed by atoms with Crippen LogP contribution >= 0.6 is 0 Å². The molecule has 41 heavy (non-hydrogen) atoms. The van der Waals surface area contributed by atoms with E-state index in [1.807, 2.05) is 64.1 Å². The Hall–Kier alpha value is -3.06. The standard InChI is InChI=1S/C34H50O7/c1-7-9-17-29(23-33(25(3)4,31(35)36)40-27-19-13-11-14-20-27)39-30(18-10-8-2)24-34(26(5)6,32(37)38)41-28-21-15-12-16-22-28/h11-16,19-22,25-26,29-30H,7-10,17-18,23-24H2,1-6H3,(H,35,36)(H,37,38). The zero-order valence-electron chi connectivity index (χ0n) is 25.7. The van der Waals surface area contributed by atoms with Gasteiger partial charge in [0.05, 0.1) is 12.2 Å². The van der Waals surface area contributed by atoms with Crippen LogP contribution in [0.15, 0.2) is 60.7 Å². The fourth-order valence-electron chi connectivity index (χ4n) is 5.19. The topological polar surface area (TPSA) is 102 Å².